The summed E-state index contributed by atoms with van der Waals surface area (Å²) in [5.74, 6) is 0.152. The second-order valence-electron chi connectivity index (χ2n) is 6.17. The van der Waals surface area contributed by atoms with Crippen molar-refractivity contribution in [1.82, 2.24) is 19.5 Å². The van der Waals surface area contributed by atoms with Crippen LogP contribution in [-0.2, 0) is 9.53 Å². The van der Waals surface area contributed by atoms with Gasteiger partial charge >= 0.3 is 5.82 Å². The predicted octanol–water partition coefficient (Wildman–Crippen LogP) is 0.933. The maximum absolute atomic E-state index is 12.8. The van der Waals surface area contributed by atoms with Gasteiger partial charge in [-0.1, -0.05) is 23.5 Å². The van der Waals surface area contributed by atoms with E-state index in [2.05, 4.69) is 15.4 Å². The van der Waals surface area contributed by atoms with Crippen molar-refractivity contribution in [1.29, 1.82) is 0 Å². The van der Waals surface area contributed by atoms with Crippen LogP contribution in [0.25, 0.3) is 5.65 Å². The van der Waals surface area contributed by atoms with Crippen LogP contribution in [0.3, 0.4) is 0 Å². The smallest absolute Gasteiger partial charge is 0.368 e. The summed E-state index contributed by atoms with van der Waals surface area (Å²) in [6.45, 7) is 6.05. The highest BCUT2D eigenvalue weighted by Gasteiger charge is 2.29. The molecule has 1 atom stereocenters. The molecule has 1 fully saturated rings. The highest BCUT2D eigenvalue weighted by molar-refractivity contribution is 5.84. The third-order valence-electron chi connectivity index (χ3n) is 4.09. The first-order valence-electron chi connectivity index (χ1n) is 8.09. The number of nitrogens with zero attached hydrogens (tertiary/aromatic N) is 5. The molecule has 1 amide bonds. The van der Waals surface area contributed by atoms with Crippen LogP contribution in [0.1, 0.15) is 13.8 Å². The van der Waals surface area contributed by atoms with E-state index in [1.165, 1.54) is 0 Å². The Morgan fingerprint density at radius 3 is 2.72 bits per heavy atom. The standard InChI is InChI=1S/C15H20N6O4/c1-10(2)14(15(22)19-5-7-25-8-6-19)17-11-3-4-12-16-9-13(21(23)24)20(12)18-11/h3-4,9-10,14H,5-8H2,1-2H3,(H,17,18). The maximum atomic E-state index is 12.8. The Hall–Kier alpha value is -2.75. The molecular formula is C15H20N6O4. The molecule has 134 valence electrons. The Kier molecular flexibility index (Phi) is 4.79. The number of hydrogen-bond donors (Lipinski definition) is 1. The number of carbonyl (C=O) groups is 1. The van der Waals surface area contributed by atoms with E-state index in [1.807, 2.05) is 13.8 Å². The zero-order valence-electron chi connectivity index (χ0n) is 14.1. The molecule has 3 rings (SSSR count). The molecule has 1 unspecified atom stereocenters. The zero-order valence-corrected chi connectivity index (χ0v) is 14.1. The van der Waals surface area contributed by atoms with Gasteiger partial charge < -0.3 is 25.1 Å². The fourth-order valence-electron chi connectivity index (χ4n) is 2.72. The largest absolute Gasteiger partial charge is 0.378 e. The van der Waals surface area contributed by atoms with Crippen LogP contribution >= 0.6 is 0 Å². The summed E-state index contributed by atoms with van der Waals surface area (Å²) in [7, 11) is 0. The molecule has 0 aliphatic carbocycles. The van der Waals surface area contributed by atoms with Gasteiger partial charge in [0.05, 0.1) is 13.2 Å². The van der Waals surface area contributed by atoms with Gasteiger partial charge in [-0.25, -0.2) is 4.98 Å². The number of aromatic nitrogens is 3. The van der Waals surface area contributed by atoms with Gasteiger partial charge in [0.15, 0.2) is 5.82 Å². The average Bonchev–Trinajstić information content (AvgIpc) is 3.03. The molecule has 0 aromatic carbocycles. The fourth-order valence-corrected chi connectivity index (χ4v) is 2.72. The monoisotopic (exact) mass is 348 g/mol. The topological polar surface area (TPSA) is 115 Å². The van der Waals surface area contributed by atoms with E-state index in [0.717, 1.165) is 10.7 Å². The van der Waals surface area contributed by atoms with Gasteiger partial charge in [0.2, 0.25) is 11.6 Å². The lowest BCUT2D eigenvalue weighted by Crippen LogP contribution is -2.50. The molecule has 1 aliphatic rings. The summed E-state index contributed by atoms with van der Waals surface area (Å²) in [4.78, 5) is 29.0. The van der Waals surface area contributed by atoms with Gasteiger partial charge in [-0.3, -0.25) is 4.79 Å². The molecule has 3 heterocycles. The van der Waals surface area contributed by atoms with Crippen molar-refractivity contribution in [2.45, 2.75) is 19.9 Å². The number of imidazole rings is 1. The highest BCUT2D eigenvalue weighted by Crippen LogP contribution is 2.18. The Bertz CT molecular complexity index is 783. The van der Waals surface area contributed by atoms with Crippen LogP contribution in [-0.4, -0.2) is 62.7 Å². The van der Waals surface area contributed by atoms with Crippen molar-refractivity contribution in [3.63, 3.8) is 0 Å². The molecule has 10 heteroatoms. The van der Waals surface area contributed by atoms with Crippen molar-refractivity contribution in [2.75, 3.05) is 31.6 Å². The van der Waals surface area contributed by atoms with E-state index in [9.17, 15) is 14.9 Å². The summed E-state index contributed by atoms with van der Waals surface area (Å²) in [6.07, 6.45) is 1.16. The fraction of sp³-hybridized carbons (Fsp3) is 0.533. The number of morpholine rings is 1. The van der Waals surface area contributed by atoms with Gasteiger partial charge in [-0.15, -0.1) is 0 Å². The second kappa shape index (κ2) is 7.01. The molecular weight excluding hydrogens is 328 g/mol. The van der Waals surface area contributed by atoms with Crippen molar-refractivity contribution >= 4 is 23.2 Å². The Balaban J connectivity index is 1.84. The SMILES string of the molecule is CC(C)C(Nc1ccc2ncc([N+](=O)[O-])n2n1)C(=O)N1CCOCC1. The lowest BCUT2D eigenvalue weighted by Gasteiger charge is -2.32. The number of anilines is 1. The average molecular weight is 348 g/mol. The van der Waals surface area contributed by atoms with Crippen molar-refractivity contribution in [2.24, 2.45) is 5.92 Å². The van der Waals surface area contributed by atoms with Crippen LogP contribution in [0.2, 0.25) is 0 Å². The van der Waals surface area contributed by atoms with Crippen LogP contribution in [0.4, 0.5) is 11.6 Å². The summed E-state index contributed by atoms with van der Waals surface area (Å²) in [5.41, 5.74) is 0.373. The van der Waals surface area contributed by atoms with E-state index in [0.29, 0.717) is 37.8 Å². The van der Waals surface area contributed by atoms with Gasteiger partial charge in [-0.05, 0) is 16.9 Å². The quantitative estimate of drug-likeness (QED) is 0.631. The summed E-state index contributed by atoms with van der Waals surface area (Å²) < 4.78 is 6.43. The number of rotatable bonds is 5. The summed E-state index contributed by atoms with van der Waals surface area (Å²) in [5, 5.41) is 18.4. The first-order valence-corrected chi connectivity index (χ1v) is 8.09. The van der Waals surface area contributed by atoms with Crippen molar-refractivity contribution < 1.29 is 14.5 Å². The first-order chi connectivity index (χ1) is 12.0. The number of ether oxygens (including phenoxy) is 1. The van der Waals surface area contributed by atoms with Crippen LogP contribution in [0.5, 0.6) is 0 Å². The molecule has 1 saturated heterocycles. The Labute approximate surface area is 143 Å². The van der Waals surface area contributed by atoms with Gasteiger partial charge in [0.1, 0.15) is 12.2 Å². The highest BCUT2D eigenvalue weighted by atomic mass is 16.6. The van der Waals surface area contributed by atoms with Crippen molar-refractivity contribution in [3.05, 3.63) is 28.4 Å². The molecule has 1 N–H and O–H groups in total. The first kappa shape index (κ1) is 17.1. The number of hydrogen-bond acceptors (Lipinski definition) is 7. The Morgan fingerprint density at radius 1 is 1.36 bits per heavy atom. The number of nitro groups is 1. The van der Waals surface area contributed by atoms with Gasteiger partial charge in [0.25, 0.3) is 0 Å². The van der Waals surface area contributed by atoms with E-state index in [1.54, 1.807) is 17.0 Å². The lowest BCUT2D eigenvalue weighted by atomic mass is 10.0. The Morgan fingerprint density at radius 2 is 2.08 bits per heavy atom. The minimum atomic E-state index is -0.546. The normalized spacial score (nSPS) is 16.2. The third kappa shape index (κ3) is 3.53. The minimum absolute atomic E-state index is 0.0191. The number of fused-ring (bicyclic) bond motifs is 1. The van der Waals surface area contributed by atoms with Gasteiger partial charge in [0, 0.05) is 19.2 Å². The third-order valence-corrected chi connectivity index (χ3v) is 4.09. The van der Waals surface area contributed by atoms with Crippen LogP contribution in [0, 0.1) is 16.0 Å². The number of amides is 1. The molecule has 2 aromatic rings. The zero-order chi connectivity index (χ0) is 18.0. The van der Waals surface area contributed by atoms with E-state index >= 15 is 0 Å². The molecule has 0 radical (unpaired) electrons. The predicted molar refractivity (Wildman–Crippen MR) is 89.3 cm³/mol. The van der Waals surface area contributed by atoms with Gasteiger partial charge in [-0.2, -0.15) is 0 Å². The molecule has 0 saturated carbocycles. The number of carbonyl (C=O) groups excluding carboxylic acids is 1. The molecule has 25 heavy (non-hydrogen) atoms. The van der Waals surface area contributed by atoms with Crippen molar-refractivity contribution in [3.8, 4) is 0 Å². The van der Waals surface area contributed by atoms with Crippen LogP contribution < -0.4 is 5.32 Å². The van der Waals surface area contributed by atoms with Crippen LogP contribution in [0.15, 0.2) is 18.3 Å². The molecule has 2 aromatic heterocycles. The number of nitrogens with one attached hydrogen (secondary N) is 1. The van der Waals surface area contributed by atoms with E-state index in [-0.39, 0.29) is 17.6 Å². The summed E-state index contributed by atoms with van der Waals surface area (Å²) in [6, 6.07) is 2.80. The molecule has 1 aliphatic heterocycles. The van der Waals surface area contributed by atoms with E-state index in [4.69, 9.17) is 4.74 Å². The minimum Gasteiger partial charge on any atom is -0.378 e. The molecule has 0 spiro atoms. The molecule has 0 bridgehead atoms. The molecule has 10 nitrogen and oxygen atoms in total. The second-order valence-corrected chi connectivity index (χ2v) is 6.17. The summed E-state index contributed by atoms with van der Waals surface area (Å²) >= 11 is 0. The maximum Gasteiger partial charge on any atom is 0.368 e. The van der Waals surface area contributed by atoms with E-state index < -0.39 is 11.0 Å². The lowest BCUT2D eigenvalue weighted by molar-refractivity contribution is -0.391.